The largest absolute Gasteiger partial charge is 0.494 e. The first-order chi connectivity index (χ1) is 31.2. The van der Waals surface area contributed by atoms with Crippen molar-refractivity contribution >= 4 is 72.6 Å². The Hall–Kier alpha value is -7.57. The predicted octanol–water partition coefficient (Wildman–Crippen LogP) is 14.6. The van der Waals surface area contributed by atoms with Crippen molar-refractivity contribution in [3.63, 3.8) is 0 Å². The molecule has 0 N–H and O–H groups in total. The Balaban J connectivity index is 0.888. The van der Waals surface area contributed by atoms with Gasteiger partial charge in [-0.1, -0.05) is 85.6 Å². The molecule has 0 radical (unpaired) electrons. The van der Waals surface area contributed by atoms with E-state index < -0.39 is 0 Å². The summed E-state index contributed by atoms with van der Waals surface area (Å²) < 4.78 is 11.0. The van der Waals surface area contributed by atoms with Gasteiger partial charge in [-0.3, -0.25) is 4.79 Å². The van der Waals surface area contributed by atoms with Crippen LogP contribution in [0.2, 0.25) is 0 Å². The monoisotopic (exact) mass is 822 g/mol. The third-order valence-corrected chi connectivity index (χ3v) is 12.4. The van der Waals surface area contributed by atoms with E-state index in [1.54, 1.807) is 0 Å². The molecule has 0 bridgehead atoms. The van der Waals surface area contributed by atoms with Crippen molar-refractivity contribution in [3.8, 4) is 17.1 Å². The first-order valence-electron chi connectivity index (χ1n) is 22.2. The maximum atomic E-state index is 11.1. The lowest BCUT2D eigenvalue weighted by atomic mass is 10.1. The Labute approximate surface area is 368 Å². The number of para-hydroxylation sites is 4. The minimum Gasteiger partial charge on any atom is -0.494 e. The van der Waals surface area contributed by atoms with Gasteiger partial charge in [0.25, 0.3) is 0 Å². The van der Waals surface area contributed by atoms with E-state index in [-0.39, 0.29) is 0 Å². The molecule has 0 saturated carbocycles. The number of fused-ring (bicyclic) bond motifs is 6. The first-order valence-corrected chi connectivity index (χ1v) is 22.2. The van der Waals surface area contributed by atoms with Crippen LogP contribution in [0.3, 0.4) is 0 Å². The molecule has 0 aliphatic carbocycles. The fourth-order valence-corrected chi connectivity index (χ4v) is 9.22. The number of ether oxygens (including phenoxy) is 1. The fourth-order valence-electron chi connectivity index (χ4n) is 9.22. The Bertz CT molecular complexity index is 2880. The van der Waals surface area contributed by atoms with Crippen LogP contribution in [0, 0.1) is 0 Å². The quantitative estimate of drug-likeness (QED) is 0.0719. The molecule has 2 aromatic heterocycles. The maximum Gasteiger partial charge on any atom is 0.150 e. The van der Waals surface area contributed by atoms with Gasteiger partial charge < -0.3 is 23.7 Å². The van der Waals surface area contributed by atoms with E-state index in [1.807, 2.05) is 24.3 Å². The van der Waals surface area contributed by atoms with Crippen LogP contribution in [0.25, 0.3) is 55.0 Å². The van der Waals surface area contributed by atoms with Crippen molar-refractivity contribution < 1.29 is 9.53 Å². The van der Waals surface area contributed by atoms with Gasteiger partial charge in [-0.05, 0) is 141 Å². The van der Waals surface area contributed by atoms with Crippen molar-refractivity contribution in [1.82, 2.24) is 9.13 Å². The zero-order chi connectivity index (χ0) is 42.5. The zero-order valence-corrected chi connectivity index (χ0v) is 35.6. The number of unbranched alkanes of at least 4 members (excludes halogenated alkanes) is 3. The Morgan fingerprint density at radius 1 is 0.444 bits per heavy atom. The van der Waals surface area contributed by atoms with Crippen LogP contribution in [-0.2, 0) is 0 Å². The average Bonchev–Trinajstić information content (AvgIpc) is 3.87. The molecule has 0 amide bonds. The van der Waals surface area contributed by atoms with Crippen LogP contribution in [-0.4, -0.2) is 35.1 Å². The summed E-state index contributed by atoms with van der Waals surface area (Å²) in [5.41, 5.74) is 12.1. The summed E-state index contributed by atoms with van der Waals surface area (Å²) in [5.74, 6) is 0.873. The third-order valence-electron chi connectivity index (χ3n) is 12.4. The Morgan fingerprint density at radius 3 is 1.27 bits per heavy atom. The fraction of sp³-hybridized carbons (Fsp3) is 0.140. The maximum absolute atomic E-state index is 11.1. The van der Waals surface area contributed by atoms with E-state index in [0.29, 0.717) is 12.2 Å². The number of nitrogens with zero attached hydrogens (tertiary/aromatic N) is 4. The highest BCUT2D eigenvalue weighted by Gasteiger charge is 2.17. The number of aromatic nitrogens is 2. The lowest BCUT2D eigenvalue weighted by Gasteiger charge is -2.26. The molecule has 10 aromatic rings. The summed E-state index contributed by atoms with van der Waals surface area (Å²) >= 11 is 0. The van der Waals surface area contributed by atoms with Gasteiger partial charge in [-0.25, -0.2) is 0 Å². The number of rotatable bonds is 16. The molecule has 8 aromatic carbocycles. The second kappa shape index (κ2) is 17.8. The lowest BCUT2D eigenvalue weighted by Crippen LogP contribution is -2.23. The standard InChI is InChI=1S/C57H50N4O2/c1-2-58(43-25-23-42(41-62)24-26-43)39-13-3-4-14-40-63-49-37-35-46(36-38-49)59(44-27-31-47(32-28-44)60-54-19-9-5-15-50(54)51-16-6-10-20-55(51)60)45-29-33-48(34-30-45)61-56-21-11-7-17-52(56)53-18-8-12-22-57(53)61/h5-12,15-38,41H,2-4,13-14,39-40H2,1H3. The van der Waals surface area contributed by atoms with Crippen LogP contribution < -0.4 is 14.5 Å². The molecule has 63 heavy (non-hydrogen) atoms. The molecule has 310 valence electrons. The molecule has 0 saturated heterocycles. The molecular weight excluding hydrogens is 773 g/mol. The van der Waals surface area contributed by atoms with E-state index in [4.69, 9.17) is 4.74 Å². The highest BCUT2D eigenvalue weighted by molar-refractivity contribution is 6.10. The van der Waals surface area contributed by atoms with E-state index in [1.165, 1.54) is 49.3 Å². The minimum absolute atomic E-state index is 0.683. The summed E-state index contributed by atoms with van der Waals surface area (Å²) in [6, 6.07) is 68.8. The van der Waals surface area contributed by atoms with Crippen molar-refractivity contribution in [2.75, 3.05) is 29.5 Å². The number of aldehydes is 1. The number of carbonyl (C=O) groups excluding carboxylic acids is 1. The van der Waals surface area contributed by atoms with Gasteiger partial charge in [-0.2, -0.15) is 0 Å². The first kappa shape index (κ1) is 39.6. The van der Waals surface area contributed by atoms with Crippen LogP contribution in [0.15, 0.2) is 194 Å². The third kappa shape index (κ3) is 7.81. The van der Waals surface area contributed by atoms with Crippen molar-refractivity contribution in [3.05, 3.63) is 200 Å². The number of anilines is 4. The molecular formula is C57H50N4O2. The number of carbonyl (C=O) groups is 1. The van der Waals surface area contributed by atoms with E-state index >= 15 is 0 Å². The summed E-state index contributed by atoms with van der Waals surface area (Å²) in [6.07, 6.45) is 5.28. The lowest BCUT2D eigenvalue weighted by molar-refractivity contribution is 0.112. The molecule has 6 nitrogen and oxygen atoms in total. The molecule has 6 heteroatoms. The minimum atomic E-state index is 0.683. The summed E-state index contributed by atoms with van der Waals surface area (Å²) in [5, 5.41) is 5.01. The SMILES string of the molecule is CCN(CCCCCCOc1ccc(N(c2ccc(-n3c4ccccc4c4ccccc43)cc2)c2ccc(-n3c4ccccc4c4ccccc43)cc2)cc1)c1ccc(C=O)cc1. The molecule has 0 spiro atoms. The van der Waals surface area contributed by atoms with E-state index in [2.05, 4.69) is 196 Å². The topological polar surface area (TPSA) is 42.6 Å². The van der Waals surface area contributed by atoms with Crippen molar-refractivity contribution in [2.24, 2.45) is 0 Å². The summed E-state index contributed by atoms with van der Waals surface area (Å²) in [4.78, 5) is 15.8. The summed E-state index contributed by atoms with van der Waals surface area (Å²) in [6.45, 7) is 4.81. The molecule has 0 fully saturated rings. The van der Waals surface area contributed by atoms with Crippen LogP contribution in [0.1, 0.15) is 43.0 Å². The van der Waals surface area contributed by atoms with Crippen molar-refractivity contribution in [2.45, 2.75) is 32.6 Å². The average molecular weight is 823 g/mol. The molecule has 0 aliphatic rings. The number of hydrogen-bond donors (Lipinski definition) is 0. The molecule has 2 heterocycles. The van der Waals surface area contributed by atoms with Crippen molar-refractivity contribution in [1.29, 1.82) is 0 Å². The van der Waals surface area contributed by atoms with E-state index in [9.17, 15) is 4.79 Å². The van der Waals surface area contributed by atoms with E-state index in [0.717, 1.165) is 79.2 Å². The van der Waals surface area contributed by atoms with Gasteiger partial charge in [0.2, 0.25) is 0 Å². The highest BCUT2D eigenvalue weighted by atomic mass is 16.5. The predicted molar refractivity (Wildman–Crippen MR) is 263 cm³/mol. The van der Waals surface area contributed by atoms with Crippen LogP contribution in [0.5, 0.6) is 5.75 Å². The van der Waals surface area contributed by atoms with Gasteiger partial charge >= 0.3 is 0 Å². The zero-order valence-electron chi connectivity index (χ0n) is 35.6. The van der Waals surface area contributed by atoms with Crippen LogP contribution >= 0.6 is 0 Å². The summed E-state index contributed by atoms with van der Waals surface area (Å²) in [7, 11) is 0. The molecule has 0 aliphatic heterocycles. The second-order valence-corrected chi connectivity index (χ2v) is 16.2. The smallest absolute Gasteiger partial charge is 0.150 e. The van der Waals surface area contributed by atoms with Gasteiger partial charge in [0.05, 0.1) is 28.7 Å². The second-order valence-electron chi connectivity index (χ2n) is 16.2. The normalized spacial score (nSPS) is 11.4. The van der Waals surface area contributed by atoms with Gasteiger partial charge in [0.1, 0.15) is 12.0 Å². The van der Waals surface area contributed by atoms with Gasteiger partial charge in [0, 0.05) is 74.3 Å². The number of hydrogen-bond acceptors (Lipinski definition) is 4. The van der Waals surface area contributed by atoms with Crippen LogP contribution in [0.4, 0.5) is 22.7 Å². The Kier molecular flexibility index (Phi) is 11.2. The number of benzene rings is 8. The molecule has 10 rings (SSSR count). The highest BCUT2D eigenvalue weighted by Crippen LogP contribution is 2.39. The molecule has 0 unspecified atom stereocenters. The van der Waals surface area contributed by atoms with Gasteiger partial charge in [-0.15, -0.1) is 0 Å². The van der Waals surface area contributed by atoms with Gasteiger partial charge in [0.15, 0.2) is 0 Å². The Morgan fingerprint density at radius 2 is 0.841 bits per heavy atom. The molecule has 0 atom stereocenters.